The van der Waals surface area contributed by atoms with Gasteiger partial charge < -0.3 is 4.42 Å². The molecule has 49 heavy (non-hydrogen) atoms. The van der Waals surface area contributed by atoms with E-state index in [1.54, 1.807) is 0 Å². The molecule has 0 N–H and O–H groups in total. The van der Waals surface area contributed by atoms with Crippen LogP contribution in [0.3, 0.4) is 0 Å². The summed E-state index contributed by atoms with van der Waals surface area (Å²) < 4.78 is 6.67. The molecular formula is C47H32OS. The van der Waals surface area contributed by atoms with Gasteiger partial charge in [-0.15, -0.1) is 0 Å². The van der Waals surface area contributed by atoms with Crippen LogP contribution in [-0.2, 0) is 6.42 Å². The van der Waals surface area contributed by atoms with Crippen LogP contribution in [0, 0.1) is 17.8 Å². The Kier molecular flexibility index (Phi) is 7.09. The van der Waals surface area contributed by atoms with Gasteiger partial charge in [-0.2, -0.15) is 0 Å². The second-order valence-corrected chi connectivity index (χ2v) is 13.4. The first kappa shape index (κ1) is 29.5. The monoisotopic (exact) mass is 644 g/mol. The third-order valence-corrected chi connectivity index (χ3v) is 10.5. The van der Waals surface area contributed by atoms with Crippen LogP contribution in [0.2, 0.25) is 0 Å². The van der Waals surface area contributed by atoms with Gasteiger partial charge in [-0.1, -0.05) is 133 Å². The molecule has 0 saturated carbocycles. The molecule has 5 aromatic carbocycles. The Hall–Kier alpha value is -5.67. The number of furan rings is 1. The fraction of sp³-hybridized carbons (Fsp3) is 0.128. The SMILES string of the molecule is CC/C(C)=C/c1c(C=S)c(-c2ccc3c(c2)oc2ccc4c(c23)CC2C#CC4/C=C\C=C/2)c2c(c1-c1cccc3ccccc13)=C=C=CC=2. The molecule has 2 heteroatoms. The Balaban J connectivity index is 1.33. The van der Waals surface area contributed by atoms with Gasteiger partial charge in [-0.05, 0) is 99.5 Å². The summed E-state index contributed by atoms with van der Waals surface area (Å²) in [4.78, 5) is 0. The number of fused-ring (bicyclic) bond motifs is 10. The lowest BCUT2D eigenvalue weighted by molar-refractivity contribution is 0.668. The highest BCUT2D eigenvalue weighted by Gasteiger charge is 2.24. The Labute approximate surface area is 291 Å². The predicted molar refractivity (Wildman–Crippen MR) is 210 cm³/mol. The number of benzene rings is 5. The average molecular weight is 645 g/mol. The summed E-state index contributed by atoms with van der Waals surface area (Å²) in [7, 11) is 0. The van der Waals surface area contributed by atoms with Crippen molar-refractivity contribution in [2.24, 2.45) is 5.92 Å². The van der Waals surface area contributed by atoms with Crippen LogP contribution in [-0.4, -0.2) is 5.37 Å². The summed E-state index contributed by atoms with van der Waals surface area (Å²) in [5.74, 6) is 7.29. The number of rotatable bonds is 5. The Morgan fingerprint density at radius 3 is 2.67 bits per heavy atom. The zero-order valence-electron chi connectivity index (χ0n) is 27.4. The Morgan fingerprint density at radius 1 is 0.898 bits per heavy atom. The van der Waals surface area contributed by atoms with E-state index < -0.39 is 0 Å². The minimum atomic E-state index is 0.0847. The van der Waals surface area contributed by atoms with Gasteiger partial charge in [0.25, 0.3) is 0 Å². The van der Waals surface area contributed by atoms with Crippen molar-refractivity contribution in [1.29, 1.82) is 0 Å². The summed E-state index contributed by atoms with van der Waals surface area (Å²) in [6.07, 6.45) is 16.9. The maximum absolute atomic E-state index is 6.67. The molecule has 0 fully saturated rings. The van der Waals surface area contributed by atoms with E-state index in [2.05, 4.69) is 146 Å². The summed E-state index contributed by atoms with van der Waals surface area (Å²) in [6, 6.07) is 26.1. The van der Waals surface area contributed by atoms with E-state index in [0.717, 1.165) is 67.6 Å². The maximum Gasteiger partial charge on any atom is 0.136 e. The van der Waals surface area contributed by atoms with E-state index in [0.29, 0.717) is 0 Å². The molecule has 0 aliphatic heterocycles. The van der Waals surface area contributed by atoms with Crippen molar-refractivity contribution in [2.45, 2.75) is 32.6 Å². The fourth-order valence-electron chi connectivity index (χ4n) is 7.81. The number of allylic oxidation sites excluding steroid dienone is 6. The van der Waals surface area contributed by atoms with Crippen LogP contribution in [0.1, 0.15) is 48.4 Å². The zero-order chi connectivity index (χ0) is 33.1. The van der Waals surface area contributed by atoms with Crippen molar-refractivity contribution in [1.82, 2.24) is 0 Å². The molecule has 0 spiro atoms. The van der Waals surface area contributed by atoms with Gasteiger partial charge in [-0.25, -0.2) is 0 Å². The normalized spacial score (nSPS) is 18.4. The summed E-state index contributed by atoms with van der Waals surface area (Å²) in [5.41, 5.74) is 19.1. The standard InChI is InChI=1S/C47H32OS/c1-3-29(2)25-40-42(28-49)45(37-16-8-9-17-38(37)46(40)36-18-10-14-31-12-6-7-15-34(31)36)33-21-22-39-44(27-33)48-43-24-23-35-32-13-5-4-11-30(19-20-32)26-41(35)47(39)43/h4-8,10-16,18,21-25,27-28,30,32H,3,26H2,1-2H3/b11-4-,13-5-,29-25+. The van der Waals surface area contributed by atoms with Gasteiger partial charge in [0, 0.05) is 38.4 Å². The van der Waals surface area contributed by atoms with Gasteiger partial charge in [0.1, 0.15) is 11.2 Å². The molecule has 2 atom stereocenters. The van der Waals surface area contributed by atoms with Crippen LogP contribution in [0.15, 0.2) is 119 Å². The van der Waals surface area contributed by atoms with Crippen LogP contribution in [0.4, 0.5) is 0 Å². The molecule has 1 aromatic heterocycles. The molecule has 9 rings (SSSR count). The molecule has 232 valence electrons. The molecule has 2 unspecified atom stereocenters. The molecule has 3 aliphatic carbocycles. The van der Waals surface area contributed by atoms with Crippen molar-refractivity contribution in [2.75, 3.05) is 0 Å². The van der Waals surface area contributed by atoms with Crippen molar-refractivity contribution in [3.05, 3.63) is 147 Å². The van der Waals surface area contributed by atoms with Crippen LogP contribution in [0.25, 0.3) is 72.8 Å². The lowest BCUT2D eigenvalue weighted by atomic mass is 9.83. The van der Waals surface area contributed by atoms with Crippen LogP contribution >= 0.6 is 12.2 Å². The topological polar surface area (TPSA) is 13.1 Å². The van der Waals surface area contributed by atoms with Crippen molar-refractivity contribution in [3.8, 4) is 34.1 Å². The van der Waals surface area contributed by atoms with Crippen LogP contribution in [0.5, 0.6) is 0 Å². The van der Waals surface area contributed by atoms with Gasteiger partial charge in [-0.3, -0.25) is 0 Å². The summed E-state index contributed by atoms with van der Waals surface area (Å²) in [5, 5.41) is 8.71. The Morgan fingerprint density at radius 2 is 1.78 bits per heavy atom. The smallest absolute Gasteiger partial charge is 0.136 e. The number of thiocarbonyl (C=S) groups is 1. The molecule has 0 saturated heterocycles. The van der Waals surface area contributed by atoms with Gasteiger partial charge in [0.2, 0.25) is 0 Å². The first-order valence-corrected chi connectivity index (χ1v) is 17.5. The average Bonchev–Trinajstić information content (AvgIpc) is 3.45. The molecule has 2 bridgehead atoms. The predicted octanol–water partition coefficient (Wildman–Crippen LogP) is 10.5. The van der Waals surface area contributed by atoms with Gasteiger partial charge in [0.05, 0.1) is 5.92 Å². The molecule has 3 aliphatic rings. The summed E-state index contributed by atoms with van der Waals surface area (Å²) >= 11 is 5.91. The van der Waals surface area contributed by atoms with E-state index in [1.165, 1.54) is 38.4 Å². The maximum atomic E-state index is 6.67. The first-order chi connectivity index (χ1) is 24.1. The lowest BCUT2D eigenvalue weighted by Crippen LogP contribution is -2.31. The second kappa shape index (κ2) is 11.8. The minimum absolute atomic E-state index is 0.0847. The van der Waals surface area contributed by atoms with E-state index in [-0.39, 0.29) is 11.8 Å². The van der Waals surface area contributed by atoms with E-state index in [1.807, 2.05) is 11.4 Å². The minimum Gasteiger partial charge on any atom is -0.456 e. The highest BCUT2D eigenvalue weighted by Crippen LogP contribution is 2.41. The molecule has 1 heterocycles. The highest BCUT2D eigenvalue weighted by atomic mass is 32.1. The molecule has 0 amide bonds. The van der Waals surface area contributed by atoms with E-state index in [9.17, 15) is 0 Å². The molecule has 6 aromatic rings. The van der Waals surface area contributed by atoms with Crippen molar-refractivity contribution in [3.63, 3.8) is 0 Å². The Bertz CT molecular complexity index is 2790. The lowest BCUT2D eigenvalue weighted by Gasteiger charge is -2.19. The number of hydrogen-bond acceptors (Lipinski definition) is 2. The highest BCUT2D eigenvalue weighted by molar-refractivity contribution is 7.79. The third kappa shape index (κ3) is 4.76. The molecule has 1 nitrogen and oxygen atoms in total. The largest absolute Gasteiger partial charge is 0.456 e. The van der Waals surface area contributed by atoms with Crippen molar-refractivity contribution >= 4 is 68.2 Å². The zero-order valence-corrected chi connectivity index (χ0v) is 28.2. The van der Waals surface area contributed by atoms with E-state index in [4.69, 9.17) is 16.6 Å². The second-order valence-electron chi connectivity index (χ2n) is 13.1. The molecular weight excluding hydrogens is 613 g/mol. The molecule has 0 radical (unpaired) electrons. The van der Waals surface area contributed by atoms with Gasteiger partial charge >= 0.3 is 0 Å². The van der Waals surface area contributed by atoms with Crippen molar-refractivity contribution < 1.29 is 4.42 Å². The number of hydrogen-bond donors (Lipinski definition) is 0. The quantitative estimate of drug-likeness (QED) is 0.105. The van der Waals surface area contributed by atoms with E-state index >= 15 is 0 Å². The summed E-state index contributed by atoms with van der Waals surface area (Å²) in [6.45, 7) is 4.40. The van der Waals surface area contributed by atoms with Crippen LogP contribution < -0.4 is 10.4 Å². The fourth-order valence-corrected chi connectivity index (χ4v) is 8.05. The first-order valence-electron chi connectivity index (χ1n) is 17.0. The third-order valence-electron chi connectivity index (χ3n) is 10.3. The van der Waals surface area contributed by atoms with Gasteiger partial charge in [0.15, 0.2) is 0 Å².